The number of carbonyl (C=O) groups is 3. The number of rotatable bonds is 20. The fraction of sp³-hybridized carbons (Fsp3) is 0.447. The van der Waals surface area contributed by atoms with Crippen molar-refractivity contribution in [3.63, 3.8) is 0 Å². The molecule has 0 spiro atoms. The van der Waals surface area contributed by atoms with Gasteiger partial charge in [-0.25, -0.2) is 14.8 Å². The average Bonchev–Trinajstić information content (AvgIpc) is 1.34. The van der Waals surface area contributed by atoms with E-state index in [1.807, 2.05) is 146 Å². The number of urea groups is 1. The van der Waals surface area contributed by atoms with Crippen LogP contribution in [-0.4, -0.2) is 171 Å². The molecule has 2 unspecified atom stereocenters. The number of likely N-dealkylation sites (tertiary alicyclic amines) is 2. The van der Waals surface area contributed by atoms with Gasteiger partial charge in [-0.15, -0.1) is 21.5 Å². The summed E-state index contributed by atoms with van der Waals surface area (Å²) in [5, 5.41) is 28.2. The predicted octanol–water partition coefficient (Wildman–Crippen LogP) is 10.2. The average molecular weight is 1370 g/mol. The minimum absolute atomic E-state index is 0.0112. The molecule has 2 bridgehead atoms. The molecule has 6 aliphatic rings. The molecule has 9 heterocycles. The molecule has 99 heavy (non-hydrogen) atoms. The van der Waals surface area contributed by atoms with E-state index in [9.17, 15) is 19.5 Å². The lowest BCUT2D eigenvalue weighted by Gasteiger charge is -2.43. The van der Waals surface area contributed by atoms with Gasteiger partial charge in [0.05, 0.1) is 45.7 Å². The first-order valence-electron chi connectivity index (χ1n) is 35.3. The maximum absolute atomic E-state index is 15.5. The van der Waals surface area contributed by atoms with Crippen molar-refractivity contribution in [1.29, 1.82) is 0 Å². The molecule has 5 saturated heterocycles. The minimum Gasteiger partial charge on any atom is -0.507 e. The van der Waals surface area contributed by atoms with E-state index < -0.39 is 25.3 Å². The smallest absolute Gasteiger partial charge is 0.320 e. The van der Waals surface area contributed by atoms with Crippen molar-refractivity contribution < 1.29 is 38.3 Å². The summed E-state index contributed by atoms with van der Waals surface area (Å²) in [5.74, 6) is 0.730. The van der Waals surface area contributed by atoms with Crippen LogP contribution in [0.4, 0.5) is 27.8 Å². The third-order valence-electron chi connectivity index (χ3n) is 21.8. The van der Waals surface area contributed by atoms with E-state index in [0.29, 0.717) is 93.2 Å². The van der Waals surface area contributed by atoms with Crippen LogP contribution >= 0.6 is 11.3 Å². The van der Waals surface area contributed by atoms with Crippen LogP contribution in [0, 0.1) is 18.8 Å². The number of hydrogen-bond donors (Lipinski definition) is 4. The molecule has 5 N–H and O–H groups in total. The SMILES string of the molecule is Cc1ncsc1-c1ccc([C@H](C)NC(=O)[C@@H]2C[C@@H](CC(C)(C)[Si](O)(c3ccccc3)c3ccccc3)CN2C(=O)[C@@H](c2cc(N3CCN(C(=O)N4CCC(OC5CC(Oc6cc(N7C8CCC7CN(c7cc(-c9ccccc9O)nnc7N)C8)ccn6)C5)CC4)CC3)no2)C(C)C)cc1. The van der Waals surface area contributed by atoms with Crippen molar-refractivity contribution in [2.24, 2.45) is 11.8 Å². The first-order valence-corrected chi connectivity index (χ1v) is 38.1. The monoisotopic (exact) mass is 1370 g/mol. The number of phenolic OH excluding ortho intramolecular Hbond substituents is 1. The highest BCUT2D eigenvalue weighted by Crippen LogP contribution is 2.47. The Morgan fingerprint density at radius 1 is 0.747 bits per heavy atom. The molecular formula is C76H91N13O8SSi. The van der Waals surface area contributed by atoms with Crippen molar-refractivity contribution in [2.75, 3.05) is 79.3 Å². The van der Waals surface area contributed by atoms with E-state index in [-0.39, 0.29) is 71.9 Å². The Morgan fingerprint density at radius 3 is 2.07 bits per heavy atom. The van der Waals surface area contributed by atoms with Crippen molar-refractivity contribution in [3.05, 3.63) is 162 Å². The summed E-state index contributed by atoms with van der Waals surface area (Å²) in [4.78, 5) is 80.4. The fourth-order valence-corrected chi connectivity index (χ4v) is 21.1. The number of ether oxygens (including phenoxy) is 2. The molecular weight excluding hydrogens is 1280 g/mol. The maximum atomic E-state index is 15.5. The van der Waals surface area contributed by atoms with Crippen LogP contribution < -0.4 is 40.9 Å². The number of pyridine rings is 1. The van der Waals surface area contributed by atoms with E-state index >= 15 is 4.79 Å². The summed E-state index contributed by atoms with van der Waals surface area (Å²) in [6.07, 6.45) is 8.23. The number of fused-ring (bicyclic) bond motifs is 2. The van der Waals surface area contributed by atoms with Crippen molar-refractivity contribution >= 4 is 70.9 Å². The lowest BCUT2D eigenvalue weighted by molar-refractivity contribution is -0.141. The van der Waals surface area contributed by atoms with Gasteiger partial charge in [-0.05, 0) is 115 Å². The number of nitrogens with two attached hydrogens (primary N) is 1. The summed E-state index contributed by atoms with van der Waals surface area (Å²) in [7, 11) is -3.43. The first-order chi connectivity index (χ1) is 47.8. The van der Waals surface area contributed by atoms with Crippen LogP contribution in [0.2, 0.25) is 5.04 Å². The van der Waals surface area contributed by atoms with Gasteiger partial charge in [-0.3, -0.25) is 9.59 Å². The highest BCUT2D eigenvalue weighted by Gasteiger charge is 2.53. The van der Waals surface area contributed by atoms with Crippen LogP contribution in [0.25, 0.3) is 21.7 Å². The second-order valence-corrected chi connectivity index (χ2v) is 33.8. The van der Waals surface area contributed by atoms with Crippen LogP contribution in [0.3, 0.4) is 0 Å². The quantitative estimate of drug-likeness (QED) is 0.0518. The Balaban J connectivity index is 0.564. The van der Waals surface area contributed by atoms with E-state index in [4.69, 9.17) is 19.7 Å². The zero-order valence-electron chi connectivity index (χ0n) is 57.4. The van der Waals surface area contributed by atoms with E-state index in [2.05, 4.69) is 83.5 Å². The number of nitrogens with one attached hydrogen (secondary N) is 1. The number of aromatic nitrogens is 5. The molecule has 1 aliphatic carbocycles. The lowest BCUT2D eigenvalue weighted by atomic mass is 9.91. The molecule has 4 aromatic heterocycles. The van der Waals surface area contributed by atoms with E-state index in [0.717, 1.165) is 95.1 Å². The van der Waals surface area contributed by atoms with Crippen molar-refractivity contribution in [3.8, 4) is 33.3 Å². The zero-order valence-corrected chi connectivity index (χ0v) is 59.2. The van der Waals surface area contributed by atoms with Gasteiger partial charge in [0.2, 0.25) is 17.7 Å². The predicted molar refractivity (Wildman–Crippen MR) is 387 cm³/mol. The van der Waals surface area contributed by atoms with Crippen molar-refractivity contribution in [2.45, 2.75) is 146 Å². The number of anilines is 4. The largest absolute Gasteiger partial charge is 0.507 e. The van der Waals surface area contributed by atoms with Crippen LogP contribution in [-0.2, 0) is 14.3 Å². The number of aryl methyl sites for hydroxylation is 1. The Bertz CT molecular complexity index is 4090. The number of aromatic hydroxyl groups is 1. The molecule has 21 nitrogen and oxygen atoms in total. The molecule has 4 aromatic carbocycles. The molecule has 1 saturated carbocycles. The summed E-state index contributed by atoms with van der Waals surface area (Å²) < 4.78 is 19.2. The Kier molecular flexibility index (Phi) is 19.3. The van der Waals surface area contributed by atoms with Crippen LogP contribution in [0.5, 0.6) is 11.6 Å². The number of piperidine rings is 1. The first kappa shape index (κ1) is 67.3. The van der Waals surface area contributed by atoms with E-state index in [1.54, 1.807) is 28.4 Å². The summed E-state index contributed by atoms with van der Waals surface area (Å²) >= 11 is 1.60. The topological polar surface area (TPSA) is 245 Å². The maximum Gasteiger partial charge on any atom is 0.320 e. The Labute approximate surface area is 584 Å². The highest BCUT2D eigenvalue weighted by atomic mass is 32.1. The molecule has 6 fully saturated rings. The normalized spacial score (nSPS) is 22.0. The van der Waals surface area contributed by atoms with E-state index in [1.165, 1.54) is 0 Å². The molecule has 23 heteroatoms. The van der Waals surface area contributed by atoms with Gasteiger partial charge in [0, 0.05) is 113 Å². The number of piperazine rings is 2. The number of hydrogen-bond acceptors (Lipinski definition) is 18. The van der Waals surface area contributed by atoms with Crippen LogP contribution in [0.1, 0.15) is 115 Å². The third kappa shape index (κ3) is 13.8. The number of nitrogen functional groups attached to an aromatic ring is 1. The Morgan fingerprint density at radius 2 is 1.41 bits per heavy atom. The van der Waals surface area contributed by atoms with Gasteiger partial charge >= 0.3 is 6.03 Å². The fourth-order valence-electron chi connectivity index (χ4n) is 16.4. The minimum atomic E-state index is -3.43. The molecule has 0 radical (unpaired) electrons. The van der Waals surface area contributed by atoms with Gasteiger partial charge in [-0.1, -0.05) is 130 Å². The zero-order chi connectivity index (χ0) is 68.7. The number of benzene rings is 4. The van der Waals surface area contributed by atoms with Crippen LogP contribution in [0.15, 0.2) is 150 Å². The van der Waals surface area contributed by atoms with Crippen molar-refractivity contribution in [1.82, 2.24) is 45.3 Å². The third-order valence-corrected chi connectivity index (χ3v) is 27.3. The summed E-state index contributed by atoms with van der Waals surface area (Å²) in [6.45, 7) is 17.5. The number of carbonyl (C=O) groups excluding carboxylic acids is 3. The van der Waals surface area contributed by atoms with Gasteiger partial charge in [-0.2, -0.15) is 0 Å². The number of amides is 4. The highest BCUT2D eigenvalue weighted by molar-refractivity contribution is 7.13. The molecule has 5 aliphatic heterocycles. The van der Waals surface area contributed by atoms with Gasteiger partial charge in [0.25, 0.3) is 8.32 Å². The standard InChI is InChI=1S/C76H91N13O8SSi/c1-48(2)70(74(92)88-44-51(43-76(5,6)99(94,60-15-9-7-10-16-60)61-17-11-8-12-18-61)37-65(88)73(91)80-49(3)52-21-23-53(24-22-52)71-50(4)79-47-98-71)67-42-68(83-97-67)84-33-35-86(36-34-84)75(93)85-31-28-57(29-32-85)95-58-39-59(40-58)96-69-38-54(27-30-78-69)89-55-25-26-56(89)46-87(45-55)64-41-63(81-82-72(64)77)62-19-13-14-20-66(62)90/h7-24,27,30,38,41-42,47-49,51,55-59,65,70,90,94H,25-26,28-29,31-37,39-40,43-46H2,1-6H3,(H2,77,82)(H,80,91)/t49-,51-,55?,56?,58?,59?,65-,70+/m0/s1. The lowest BCUT2D eigenvalue weighted by Crippen LogP contribution is -2.65. The molecule has 518 valence electrons. The number of para-hydroxylation sites is 1. The molecule has 8 aromatic rings. The molecule has 14 rings (SSSR count). The van der Waals surface area contributed by atoms with Gasteiger partial charge < -0.3 is 64.3 Å². The Hall–Kier alpha value is -8.90. The number of nitrogens with zero attached hydrogens (tertiary/aromatic N) is 11. The van der Waals surface area contributed by atoms with Gasteiger partial charge in [0.1, 0.15) is 23.8 Å². The number of phenols is 1. The molecule has 4 amide bonds. The van der Waals surface area contributed by atoms with Gasteiger partial charge in [0.15, 0.2) is 17.4 Å². The second kappa shape index (κ2) is 28.4. The second-order valence-electron chi connectivity index (χ2n) is 29.0. The summed E-state index contributed by atoms with van der Waals surface area (Å²) in [6, 6.07) is 42.7. The molecule has 6 atom stereocenters. The summed E-state index contributed by atoms with van der Waals surface area (Å²) in [5.41, 5.74) is 14.4. The number of thiazole rings is 1.